The number of carbonyl (C=O) groups excluding carboxylic acids is 1. The van der Waals surface area contributed by atoms with E-state index in [0.717, 1.165) is 11.1 Å². The Labute approximate surface area is 148 Å². The summed E-state index contributed by atoms with van der Waals surface area (Å²) in [5.41, 5.74) is 2.26. The largest absolute Gasteiger partial charge is 0.423 e. The lowest BCUT2D eigenvalue weighted by Gasteiger charge is -2.07. The fourth-order valence-corrected chi connectivity index (χ4v) is 2.70. The Morgan fingerprint density at radius 3 is 2.58 bits per heavy atom. The quantitative estimate of drug-likeness (QED) is 0.745. The van der Waals surface area contributed by atoms with Gasteiger partial charge in [-0.2, -0.15) is 0 Å². The number of nitrogens with zero attached hydrogens (tertiary/aromatic N) is 2. The first-order chi connectivity index (χ1) is 11.6. The molecular weight excluding hydrogens is 349 g/mol. The van der Waals surface area contributed by atoms with Crippen molar-refractivity contribution in [3.05, 3.63) is 70.0 Å². The molecule has 1 N–H and O–H groups in total. The summed E-state index contributed by atoms with van der Waals surface area (Å²) in [6, 6.07) is 12.3. The Balaban J connectivity index is 1.57. The first kappa shape index (κ1) is 16.5. The summed E-state index contributed by atoms with van der Waals surface area (Å²) >= 11 is 12.0. The number of aromatic nitrogens is 2. The second kappa shape index (κ2) is 7.47. The van der Waals surface area contributed by atoms with E-state index >= 15 is 0 Å². The minimum atomic E-state index is -0.155. The maximum atomic E-state index is 12.2. The maximum Gasteiger partial charge on any atom is 0.251 e. The third kappa shape index (κ3) is 3.93. The van der Waals surface area contributed by atoms with Gasteiger partial charge in [-0.05, 0) is 48.4 Å². The molecule has 0 fully saturated rings. The zero-order valence-electron chi connectivity index (χ0n) is 12.5. The monoisotopic (exact) mass is 361 g/mol. The van der Waals surface area contributed by atoms with Crippen LogP contribution in [0.1, 0.15) is 15.9 Å². The van der Waals surface area contributed by atoms with Crippen LogP contribution in [-0.4, -0.2) is 22.6 Å². The van der Waals surface area contributed by atoms with Gasteiger partial charge < -0.3 is 9.73 Å². The normalized spacial score (nSPS) is 10.6. The van der Waals surface area contributed by atoms with E-state index in [4.69, 9.17) is 27.6 Å². The van der Waals surface area contributed by atoms with Crippen molar-refractivity contribution in [1.29, 1.82) is 0 Å². The number of hydrogen-bond acceptors (Lipinski definition) is 4. The molecule has 0 atom stereocenters. The Hall–Kier alpha value is -2.37. The summed E-state index contributed by atoms with van der Waals surface area (Å²) in [5.74, 6) is 0.261. The van der Waals surface area contributed by atoms with Gasteiger partial charge in [-0.15, -0.1) is 10.2 Å². The van der Waals surface area contributed by atoms with E-state index in [1.54, 1.807) is 36.4 Å². The third-order valence-corrected chi connectivity index (χ3v) is 4.04. The fraction of sp³-hybridized carbons (Fsp3) is 0.118. The smallest absolute Gasteiger partial charge is 0.251 e. The van der Waals surface area contributed by atoms with Crippen molar-refractivity contribution in [2.45, 2.75) is 6.42 Å². The molecule has 24 heavy (non-hydrogen) atoms. The SMILES string of the molecule is O=C(NCCc1ccc(Cl)cc1Cl)c1ccc(-c2nnco2)cc1. The van der Waals surface area contributed by atoms with Crippen LogP contribution in [0.2, 0.25) is 10.0 Å². The molecule has 0 aliphatic carbocycles. The zero-order chi connectivity index (χ0) is 16.9. The minimum absolute atomic E-state index is 0.155. The Bertz CT molecular complexity index is 834. The van der Waals surface area contributed by atoms with E-state index in [-0.39, 0.29) is 5.91 Å². The third-order valence-electron chi connectivity index (χ3n) is 3.45. The van der Waals surface area contributed by atoms with E-state index in [0.29, 0.717) is 34.5 Å². The molecule has 1 heterocycles. The summed E-state index contributed by atoms with van der Waals surface area (Å²) in [6.07, 6.45) is 1.89. The molecule has 0 radical (unpaired) electrons. The molecule has 0 spiro atoms. The van der Waals surface area contributed by atoms with Gasteiger partial charge in [0.1, 0.15) is 0 Å². The lowest BCUT2D eigenvalue weighted by molar-refractivity contribution is 0.0954. The van der Waals surface area contributed by atoms with Gasteiger partial charge in [0.15, 0.2) is 0 Å². The van der Waals surface area contributed by atoms with Gasteiger partial charge in [0.25, 0.3) is 5.91 Å². The topological polar surface area (TPSA) is 68.0 Å². The molecule has 0 bridgehead atoms. The highest BCUT2D eigenvalue weighted by Crippen LogP contribution is 2.21. The van der Waals surface area contributed by atoms with Crippen molar-refractivity contribution in [3.63, 3.8) is 0 Å². The van der Waals surface area contributed by atoms with Crippen LogP contribution in [-0.2, 0) is 6.42 Å². The minimum Gasteiger partial charge on any atom is -0.423 e. The molecule has 0 saturated heterocycles. The zero-order valence-corrected chi connectivity index (χ0v) is 14.0. The molecule has 0 saturated carbocycles. The average Bonchev–Trinajstić information content (AvgIpc) is 3.11. The summed E-state index contributed by atoms with van der Waals surface area (Å²) in [6.45, 7) is 0.478. The number of nitrogens with one attached hydrogen (secondary N) is 1. The van der Waals surface area contributed by atoms with Crippen molar-refractivity contribution >= 4 is 29.1 Å². The molecule has 1 amide bonds. The molecule has 5 nitrogen and oxygen atoms in total. The second-order valence-electron chi connectivity index (χ2n) is 5.06. The van der Waals surface area contributed by atoms with Crippen molar-refractivity contribution in [2.24, 2.45) is 0 Å². The van der Waals surface area contributed by atoms with Crippen LogP contribution < -0.4 is 5.32 Å². The Morgan fingerprint density at radius 1 is 1.12 bits per heavy atom. The van der Waals surface area contributed by atoms with E-state index in [2.05, 4.69) is 15.5 Å². The molecule has 0 unspecified atom stereocenters. The summed E-state index contributed by atoms with van der Waals surface area (Å²) in [5, 5.41) is 11.5. The molecule has 1 aromatic heterocycles. The lowest BCUT2D eigenvalue weighted by atomic mass is 10.1. The molecule has 2 aromatic carbocycles. The molecule has 0 aliphatic heterocycles. The summed E-state index contributed by atoms with van der Waals surface area (Å²) in [4.78, 5) is 12.2. The maximum absolute atomic E-state index is 12.2. The molecule has 0 aliphatic rings. The Morgan fingerprint density at radius 2 is 1.92 bits per heavy atom. The van der Waals surface area contributed by atoms with Crippen molar-refractivity contribution in [2.75, 3.05) is 6.54 Å². The summed E-state index contributed by atoms with van der Waals surface area (Å²) < 4.78 is 5.11. The number of rotatable bonds is 5. The van der Waals surface area contributed by atoms with E-state index in [1.165, 1.54) is 6.39 Å². The van der Waals surface area contributed by atoms with Crippen LogP contribution >= 0.6 is 23.2 Å². The molecule has 7 heteroatoms. The highest BCUT2D eigenvalue weighted by atomic mass is 35.5. The van der Waals surface area contributed by atoms with Crippen LogP contribution in [0.15, 0.2) is 53.3 Å². The first-order valence-electron chi connectivity index (χ1n) is 7.22. The standard InChI is InChI=1S/C17H13Cl2N3O2/c18-14-6-5-11(15(19)9-14)7-8-20-16(23)12-1-3-13(4-2-12)17-22-21-10-24-17/h1-6,9-10H,7-8H2,(H,20,23). The van der Waals surface area contributed by atoms with Gasteiger partial charge in [0, 0.05) is 27.7 Å². The van der Waals surface area contributed by atoms with Crippen LogP contribution in [0, 0.1) is 0 Å². The van der Waals surface area contributed by atoms with Crippen LogP contribution in [0.5, 0.6) is 0 Å². The number of hydrogen-bond donors (Lipinski definition) is 1. The average molecular weight is 362 g/mol. The van der Waals surface area contributed by atoms with Gasteiger partial charge in [-0.1, -0.05) is 29.3 Å². The van der Waals surface area contributed by atoms with E-state index in [9.17, 15) is 4.79 Å². The van der Waals surface area contributed by atoms with E-state index in [1.807, 2.05) is 6.07 Å². The first-order valence-corrected chi connectivity index (χ1v) is 7.98. The molecule has 122 valence electrons. The number of benzene rings is 2. The van der Waals surface area contributed by atoms with E-state index < -0.39 is 0 Å². The van der Waals surface area contributed by atoms with Crippen LogP contribution in [0.3, 0.4) is 0 Å². The lowest BCUT2D eigenvalue weighted by Crippen LogP contribution is -2.25. The summed E-state index contributed by atoms with van der Waals surface area (Å²) in [7, 11) is 0. The molecule has 3 rings (SSSR count). The molecular formula is C17H13Cl2N3O2. The van der Waals surface area contributed by atoms with Crippen LogP contribution in [0.4, 0.5) is 0 Å². The number of carbonyl (C=O) groups is 1. The number of halogens is 2. The predicted molar refractivity (Wildman–Crippen MR) is 92.2 cm³/mol. The van der Waals surface area contributed by atoms with Gasteiger partial charge >= 0.3 is 0 Å². The van der Waals surface area contributed by atoms with Crippen molar-refractivity contribution in [3.8, 4) is 11.5 Å². The van der Waals surface area contributed by atoms with Crippen molar-refractivity contribution in [1.82, 2.24) is 15.5 Å². The van der Waals surface area contributed by atoms with Gasteiger partial charge in [-0.25, -0.2) is 0 Å². The van der Waals surface area contributed by atoms with Gasteiger partial charge in [0.05, 0.1) is 0 Å². The van der Waals surface area contributed by atoms with Gasteiger partial charge in [-0.3, -0.25) is 4.79 Å². The highest BCUT2D eigenvalue weighted by molar-refractivity contribution is 6.35. The fourth-order valence-electron chi connectivity index (χ4n) is 2.20. The predicted octanol–water partition coefficient (Wildman–Crippen LogP) is 4.02. The molecule has 3 aromatic rings. The van der Waals surface area contributed by atoms with Crippen LogP contribution in [0.25, 0.3) is 11.5 Å². The highest BCUT2D eigenvalue weighted by Gasteiger charge is 2.08. The number of amides is 1. The Kier molecular flexibility index (Phi) is 5.13. The second-order valence-corrected chi connectivity index (χ2v) is 5.91. The van der Waals surface area contributed by atoms with Gasteiger partial charge in [0.2, 0.25) is 12.3 Å². The van der Waals surface area contributed by atoms with Crippen molar-refractivity contribution < 1.29 is 9.21 Å².